The Morgan fingerprint density at radius 2 is 2.03 bits per heavy atom. The summed E-state index contributed by atoms with van der Waals surface area (Å²) in [5, 5.41) is 3.45. The third-order valence-electron chi connectivity index (χ3n) is 5.91. The highest BCUT2D eigenvalue weighted by atomic mass is 32.1. The number of nitrogen functional groups attached to an aromatic ring is 1. The van der Waals surface area contributed by atoms with E-state index in [4.69, 9.17) is 18.0 Å². The number of nitrogens with two attached hydrogens (primary N) is 1. The Morgan fingerprint density at radius 3 is 2.74 bits per heavy atom. The van der Waals surface area contributed by atoms with E-state index in [0.717, 1.165) is 24.1 Å². The second-order valence-electron chi connectivity index (χ2n) is 9.19. The first kappa shape index (κ1) is 25.2. The van der Waals surface area contributed by atoms with Crippen LogP contribution in [0.1, 0.15) is 41.0 Å². The van der Waals surface area contributed by atoms with Crippen molar-refractivity contribution >= 4 is 35.2 Å². The van der Waals surface area contributed by atoms with Crippen LogP contribution in [0.2, 0.25) is 0 Å². The van der Waals surface area contributed by atoms with Crippen molar-refractivity contribution in [1.29, 1.82) is 0 Å². The Bertz CT molecular complexity index is 1320. The van der Waals surface area contributed by atoms with E-state index >= 15 is 0 Å². The number of hydrogen-bond acceptors (Lipinski definition) is 6. The van der Waals surface area contributed by atoms with Crippen molar-refractivity contribution in [2.45, 2.75) is 41.0 Å². The quantitative estimate of drug-likeness (QED) is 0.321. The Hall–Kier alpha value is -3.46. The number of carbonyl (C=O) groups excluding carboxylic acids is 1. The van der Waals surface area contributed by atoms with Crippen LogP contribution < -0.4 is 16.5 Å². The van der Waals surface area contributed by atoms with Crippen LogP contribution in [0.25, 0.3) is 11.2 Å². The van der Waals surface area contributed by atoms with Gasteiger partial charge in [-0.1, -0.05) is 62.0 Å². The normalized spacial score (nSPS) is 17.1. The fourth-order valence-electron chi connectivity index (χ4n) is 3.81. The largest absolute Gasteiger partial charge is 0.388 e. The molecular weight excluding hydrogens is 446 g/mol. The Balaban J connectivity index is 1.66. The van der Waals surface area contributed by atoms with Gasteiger partial charge in [-0.3, -0.25) is 10.2 Å². The van der Waals surface area contributed by atoms with E-state index in [0.29, 0.717) is 15.8 Å². The maximum Gasteiger partial charge on any atom is 0.263 e. The number of nitrogens with zero attached hydrogens (tertiary/aromatic N) is 4. The predicted molar refractivity (Wildman–Crippen MR) is 141 cm³/mol. The molecule has 0 aromatic carbocycles. The minimum absolute atomic E-state index is 0.168. The van der Waals surface area contributed by atoms with Gasteiger partial charge in [-0.2, -0.15) is 4.98 Å². The highest BCUT2D eigenvalue weighted by molar-refractivity contribution is 7.71. The summed E-state index contributed by atoms with van der Waals surface area (Å²) < 4.78 is 3.45. The van der Waals surface area contributed by atoms with E-state index in [2.05, 4.69) is 60.6 Å². The molecule has 2 aromatic rings. The van der Waals surface area contributed by atoms with E-state index in [9.17, 15) is 4.79 Å². The topological polar surface area (TPSA) is 103 Å². The molecule has 0 radical (unpaired) electrons. The molecule has 3 heterocycles. The number of fused-ring (bicyclic) bond motifs is 1. The van der Waals surface area contributed by atoms with Crippen molar-refractivity contribution in [2.75, 3.05) is 17.7 Å². The van der Waals surface area contributed by atoms with Gasteiger partial charge >= 0.3 is 0 Å². The summed E-state index contributed by atoms with van der Waals surface area (Å²) in [6.45, 7) is 11.6. The van der Waals surface area contributed by atoms with E-state index in [-0.39, 0.29) is 17.3 Å². The summed E-state index contributed by atoms with van der Waals surface area (Å²) >= 11 is 5.34. The molecule has 0 atom stereocenters. The summed E-state index contributed by atoms with van der Waals surface area (Å²) in [6.07, 6.45) is 14.2. The summed E-state index contributed by atoms with van der Waals surface area (Å²) in [7, 11) is 1.72. The fraction of sp³-hybridized carbons (Fsp3) is 0.360. The number of imidazole rings is 1. The van der Waals surface area contributed by atoms with Gasteiger partial charge < -0.3 is 15.6 Å². The van der Waals surface area contributed by atoms with Gasteiger partial charge in [0.1, 0.15) is 16.5 Å². The predicted octanol–water partition coefficient (Wildman–Crippen LogP) is 4.45. The van der Waals surface area contributed by atoms with Gasteiger partial charge in [-0.15, -0.1) is 0 Å². The average molecular weight is 480 g/mol. The van der Waals surface area contributed by atoms with E-state index < -0.39 is 0 Å². The minimum atomic E-state index is -0.309. The number of hydrogen-bond donors (Lipinski definition) is 3. The lowest BCUT2D eigenvalue weighted by Crippen LogP contribution is -2.31. The molecular formula is C25H33N7OS. The maximum absolute atomic E-state index is 12.5. The summed E-state index contributed by atoms with van der Waals surface area (Å²) in [5.74, 6) is -0.0647. The molecule has 1 aliphatic rings. The molecule has 1 aliphatic heterocycles. The van der Waals surface area contributed by atoms with Gasteiger partial charge in [-0.05, 0) is 43.8 Å². The molecule has 0 unspecified atom stereocenters. The van der Waals surface area contributed by atoms with Crippen LogP contribution in [0.3, 0.4) is 0 Å². The van der Waals surface area contributed by atoms with Crippen LogP contribution in [0, 0.1) is 10.1 Å². The Labute approximate surface area is 205 Å². The highest BCUT2D eigenvalue weighted by Gasteiger charge is 2.26. The molecule has 0 saturated carbocycles. The number of nitrogens with one attached hydrogen (secondary N) is 2. The van der Waals surface area contributed by atoms with Crippen molar-refractivity contribution in [1.82, 2.24) is 24.5 Å². The lowest BCUT2D eigenvalue weighted by atomic mass is 9.77. The Morgan fingerprint density at radius 1 is 1.29 bits per heavy atom. The molecule has 180 valence electrons. The average Bonchev–Trinajstić information content (AvgIpc) is 3.13. The molecule has 4 N–H and O–H groups in total. The second-order valence-corrected chi connectivity index (χ2v) is 9.57. The Kier molecular flexibility index (Phi) is 7.56. The number of amides is 1. The van der Waals surface area contributed by atoms with Gasteiger partial charge in [0, 0.05) is 25.4 Å². The zero-order chi connectivity index (χ0) is 25.0. The lowest BCUT2D eigenvalue weighted by molar-refractivity contribution is -0.112. The van der Waals surface area contributed by atoms with Gasteiger partial charge in [0.05, 0.1) is 0 Å². The third-order valence-corrected chi connectivity index (χ3v) is 6.37. The summed E-state index contributed by atoms with van der Waals surface area (Å²) in [4.78, 5) is 21.0. The zero-order valence-electron chi connectivity index (χ0n) is 20.6. The minimum Gasteiger partial charge on any atom is -0.388 e. The molecule has 0 aliphatic carbocycles. The molecule has 34 heavy (non-hydrogen) atoms. The number of rotatable bonds is 6. The number of allylic oxidation sites excluding steroid dienone is 9. The standard InChI is InChI=1S/C25H33N7OS/c1-16(10-11-19-18(3)27-13-12-25(19,4)5)8-7-9-17(2)14-20(33)30-32-15-28-21-22(32)29-24(26)31(6)23(21)34/h7-11,14-15,27H,12-13H2,1-6H3,(H2,26,29)(H,30,33)/b9-7+,11-10+,16-8+,17-14+. The van der Waals surface area contributed by atoms with Crippen molar-refractivity contribution < 1.29 is 4.79 Å². The molecule has 3 rings (SSSR count). The van der Waals surface area contributed by atoms with Crippen LogP contribution in [-0.2, 0) is 11.8 Å². The molecule has 0 spiro atoms. The van der Waals surface area contributed by atoms with Gasteiger partial charge in [-0.25, -0.2) is 9.66 Å². The molecule has 0 saturated heterocycles. The van der Waals surface area contributed by atoms with Crippen LogP contribution in [0.15, 0.2) is 65.2 Å². The number of carbonyl (C=O) groups is 1. The van der Waals surface area contributed by atoms with E-state index in [1.165, 1.54) is 28.3 Å². The lowest BCUT2D eigenvalue weighted by Gasteiger charge is -2.33. The second kappa shape index (κ2) is 10.2. The maximum atomic E-state index is 12.5. The monoisotopic (exact) mass is 479 g/mol. The fourth-order valence-corrected chi connectivity index (χ4v) is 4.04. The molecule has 1 amide bonds. The van der Waals surface area contributed by atoms with Gasteiger partial charge in [0.25, 0.3) is 5.91 Å². The molecule has 2 aromatic heterocycles. The van der Waals surface area contributed by atoms with Gasteiger partial charge in [0.15, 0.2) is 5.65 Å². The first-order valence-electron chi connectivity index (χ1n) is 11.2. The smallest absolute Gasteiger partial charge is 0.263 e. The SMILES string of the molecule is CC1=C(/C=C/C(C)=C/C=C/C(C)=C/C(=O)Nn2cnc3c(=S)n(C)c(N)nc32)C(C)(C)CCN1. The van der Waals surface area contributed by atoms with E-state index in [1.807, 2.05) is 25.2 Å². The number of aromatic nitrogens is 4. The molecule has 9 heteroatoms. The highest BCUT2D eigenvalue weighted by Crippen LogP contribution is 2.35. The zero-order valence-corrected chi connectivity index (χ0v) is 21.5. The summed E-state index contributed by atoms with van der Waals surface area (Å²) in [5.41, 5.74) is 14.2. The van der Waals surface area contributed by atoms with Crippen molar-refractivity contribution in [3.8, 4) is 0 Å². The van der Waals surface area contributed by atoms with Crippen LogP contribution in [0.4, 0.5) is 5.95 Å². The number of anilines is 1. The van der Waals surface area contributed by atoms with Gasteiger partial charge in [0.2, 0.25) is 5.95 Å². The first-order chi connectivity index (χ1) is 16.0. The molecule has 0 bridgehead atoms. The summed E-state index contributed by atoms with van der Waals surface area (Å²) in [6, 6.07) is 0. The van der Waals surface area contributed by atoms with Crippen molar-refractivity contribution in [3.63, 3.8) is 0 Å². The first-order valence-corrected chi connectivity index (χ1v) is 11.6. The van der Waals surface area contributed by atoms with E-state index in [1.54, 1.807) is 11.6 Å². The van der Waals surface area contributed by atoms with Crippen molar-refractivity contribution in [3.05, 3.63) is 69.8 Å². The molecule has 0 fully saturated rings. The third kappa shape index (κ3) is 5.72. The molecule has 8 nitrogen and oxygen atoms in total. The van der Waals surface area contributed by atoms with Crippen LogP contribution in [0.5, 0.6) is 0 Å². The van der Waals surface area contributed by atoms with Crippen molar-refractivity contribution in [2.24, 2.45) is 12.5 Å². The van der Waals surface area contributed by atoms with Crippen LogP contribution >= 0.6 is 12.2 Å². The van der Waals surface area contributed by atoms with Crippen LogP contribution in [-0.4, -0.2) is 31.7 Å².